The van der Waals surface area contributed by atoms with Gasteiger partial charge in [0, 0.05) is 0 Å². The molecule has 0 aliphatic carbocycles. The van der Waals surface area contributed by atoms with Gasteiger partial charge in [0.15, 0.2) is 6.10 Å². The van der Waals surface area contributed by atoms with Gasteiger partial charge in [-0.3, -0.25) is 4.79 Å². The number of aliphatic hydroxyl groups is 1. The lowest BCUT2D eigenvalue weighted by Crippen LogP contribution is -2.40. The molecular weight excluding hydrogens is 212 g/mol. The Morgan fingerprint density at radius 2 is 1.50 bits per heavy atom. The van der Waals surface area contributed by atoms with Gasteiger partial charge >= 0.3 is 11.9 Å². The van der Waals surface area contributed by atoms with Gasteiger partial charge in [0.2, 0.25) is 0 Å². The Labute approximate surface area is 95.7 Å². The van der Waals surface area contributed by atoms with Crippen LogP contribution in [0.25, 0.3) is 0 Å². The van der Waals surface area contributed by atoms with Crippen molar-refractivity contribution in [1.82, 2.24) is 0 Å². The third kappa shape index (κ3) is 4.18. The van der Waals surface area contributed by atoms with Crippen molar-refractivity contribution in [3.8, 4) is 0 Å². The van der Waals surface area contributed by atoms with E-state index in [1.807, 2.05) is 0 Å². The molecule has 94 valence electrons. The van der Waals surface area contributed by atoms with Crippen molar-refractivity contribution in [1.29, 1.82) is 0 Å². The zero-order valence-corrected chi connectivity index (χ0v) is 10.2. The second-order valence-electron chi connectivity index (χ2n) is 3.72. The Kier molecular flexibility index (Phi) is 6.72. The minimum absolute atomic E-state index is 0.170. The van der Waals surface area contributed by atoms with Crippen molar-refractivity contribution in [2.24, 2.45) is 11.8 Å². The summed E-state index contributed by atoms with van der Waals surface area (Å²) in [4.78, 5) is 22.9. The van der Waals surface area contributed by atoms with E-state index in [0.29, 0.717) is 0 Å². The summed E-state index contributed by atoms with van der Waals surface area (Å²) in [6.07, 6.45) is -1.46. The molecule has 16 heavy (non-hydrogen) atoms. The maximum Gasteiger partial charge on any atom is 0.335 e. The minimum atomic E-state index is -1.46. The van der Waals surface area contributed by atoms with Crippen LogP contribution < -0.4 is 0 Å². The van der Waals surface area contributed by atoms with Crippen LogP contribution >= 0.6 is 0 Å². The summed E-state index contributed by atoms with van der Waals surface area (Å²) < 4.78 is 9.47. The standard InChI is InChI=1S/C11H20O5/c1-5-15-10(13)8(7(3)4)9(12)11(14)16-6-2/h7-9,12H,5-6H2,1-4H3/t8-,9+/m0/s1. The van der Waals surface area contributed by atoms with Crippen molar-refractivity contribution < 1.29 is 24.2 Å². The third-order valence-electron chi connectivity index (χ3n) is 2.15. The normalized spacial score (nSPS) is 14.4. The van der Waals surface area contributed by atoms with E-state index in [0.717, 1.165) is 0 Å². The molecular formula is C11H20O5. The van der Waals surface area contributed by atoms with Gasteiger partial charge < -0.3 is 14.6 Å². The molecule has 0 amide bonds. The Balaban J connectivity index is 4.64. The van der Waals surface area contributed by atoms with Gasteiger partial charge in [0.05, 0.1) is 19.1 Å². The van der Waals surface area contributed by atoms with Gasteiger partial charge in [0.1, 0.15) is 0 Å². The molecule has 0 heterocycles. The van der Waals surface area contributed by atoms with Crippen LogP contribution in [0.3, 0.4) is 0 Å². The summed E-state index contributed by atoms with van der Waals surface area (Å²) in [6, 6.07) is 0. The summed E-state index contributed by atoms with van der Waals surface area (Å²) in [5, 5.41) is 9.70. The van der Waals surface area contributed by atoms with E-state index in [2.05, 4.69) is 4.74 Å². The molecule has 0 aliphatic rings. The molecule has 0 aromatic carbocycles. The van der Waals surface area contributed by atoms with Crippen LogP contribution in [0.2, 0.25) is 0 Å². The molecule has 0 aromatic rings. The van der Waals surface area contributed by atoms with Crippen molar-refractivity contribution >= 4 is 11.9 Å². The van der Waals surface area contributed by atoms with Gasteiger partial charge in [-0.2, -0.15) is 0 Å². The predicted molar refractivity (Wildman–Crippen MR) is 57.6 cm³/mol. The predicted octanol–water partition coefficient (Wildman–Crippen LogP) is 0.746. The van der Waals surface area contributed by atoms with Crippen molar-refractivity contribution in [2.75, 3.05) is 13.2 Å². The Bertz CT molecular complexity index is 237. The maximum absolute atomic E-state index is 11.5. The first kappa shape index (κ1) is 14.9. The largest absolute Gasteiger partial charge is 0.466 e. The monoisotopic (exact) mass is 232 g/mol. The average molecular weight is 232 g/mol. The number of ether oxygens (including phenoxy) is 2. The molecule has 0 unspecified atom stereocenters. The van der Waals surface area contributed by atoms with E-state index in [4.69, 9.17) is 4.74 Å². The fourth-order valence-electron chi connectivity index (χ4n) is 1.38. The number of hydrogen-bond donors (Lipinski definition) is 1. The molecule has 0 aliphatic heterocycles. The molecule has 0 fully saturated rings. The molecule has 5 heteroatoms. The zero-order chi connectivity index (χ0) is 12.7. The van der Waals surface area contributed by atoms with Gasteiger partial charge in [-0.1, -0.05) is 13.8 Å². The molecule has 1 N–H and O–H groups in total. The first-order chi connectivity index (χ1) is 7.45. The Morgan fingerprint density at radius 3 is 1.88 bits per heavy atom. The number of esters is 2. The molecule has 0 saturated carbocycles. The van der Waals surface area contributed by atoms with Gasteiger partial charge in [-0.05, 0) is 19.8 Å². The molecule has 5 nitrogen and oxygen atoms in total. The van der Waals surface area contributed by atoms with Crippen LogP contribution in [0.15, 0.2) is 0 Å². The van der Waals surface area contributed by atoms with Crippen LogP contribution in [0.1, 0.15) is 27.7 Å². The van der Waals surface area contributed by atoms with Gasteiger partial charge in [-0.15, -0.1) is 0 Å². The van der Waals surface area contributed by atoms with E-state index in [9.17, 15) is 14.7 Å². The van der Waals surface area contributed by atoms with Crippen molar-refractivity contribution in [3.63, 3.8) is 0 Å². The topological polar surface area (TPSA) is 72.8 Å². The highest BCUT2D eigenvalue weighted by Gasteiger charge is 2.36. The molecule has 0 spiro atoms. The number of carbonyl (C=O) groups excluding carboxylic acids is 2. The average Bonchev–Trinajstić information content (AvgIpc) is 2.17. The van der Waals surface area contributed by atoms with Crippen LogP contribution in [-0.2, 0) is 19.1 Å². The summed E-state index contributed by atoms with van der Waals surface area (Å²) in [5.41, 5.74) is 0. The molecule has 0 aromatic heterocycles. The van der Waals surface area contributed by atoms with E-state index < -0.39 is 24.0 Å². The highest BCUT2D eigenvalue weighted by Crippen LogP contribution is 2.18. The fraction of sp³-hybridized carbons (Fsp3) is 0.818. The third-order valence-corrected chi connectivity index (χ3v) is 2.15. The van der Waals surface area contributed by atoms with Crippen LogP contribution in [0.5, 0.6) is 0 Å². The summed E-state index contributed by atoms with van der Waals surface area (Å²) in [6.45, 7) is 7.18. The molecule has 0 radical (unpaired) electrons. The molecule has 0 bridgehead atoms. The first-order valence-electron chi connectivity index (χ1n) is 5.46. The lowest BCUT2D eigenvalue weighted by molar-refractivity contribution is -0.168. The summed E-state index contributed by atoms with van der Waals surface area (Å²) in [5.74, 6) is -2.43. The minimum Gasteiger partial charge on any atom is -0.466 e. The van der Waals surface area contributed by atoms with Gasteiger partial charge in [-0.25, -0.2) is 4.79 Å². The smallest absolute Gasteiger partial charge is 0.335 e. The Morgan fingerprint density at radius 1 is 1.06 bits per heavy atom. The lowest BCUT2D eigenvalue weighted by Gasteiger charge is -2.22. The summed E-state index contributed by atoms with van der Waals surface area (Å²) >= 11 is 0. The number of carbonyl (C=O) groups is 2. The maximum atomic E-state index is 11.5. The number of hydrogen-bond acceptors (Lipinski definition) is 5. The lowest BCUT2D eigenvalue weighted by atomic mass is 9.90. The second-order valence-corrected chi connectivity index (χ2v) is 3.72. The van der Waals surface area contributed by atoms with Crippen molar-refractivity contribution in [3.05, 3.63) is 0 Å². The summed E-state index contributed by atoms with van der Waals surface area (Å²) in [7, 11) is 0. The fourth-order valence-corrected chi connectivity index (χ4v) is 1.38. The quantitative estimate of drug-likeness (QED) is 0.684. The highest BCUT2D eigenvalue weighted by molar-refractivity contribution is 5.83. The highest BCUT2D eigenvalue weighted by atomic mass is 16.6. The zero-order valence-electron chi connectivity index (χ0n) is 10.2. The number of rotatable bonds is 6. The van der Waals surface area contributed by atoms with E-state index in [-0.39, 0.29) is 19.1 Å². The van der Waals surface area contributed by atoms with E-state index >= 15 is 0 Å². The Hall–Kier alpha value is -1.10. The SMILES string of the molecule is CCOC(=O)[C@H](O)[C@@H](C(=O)OCC)C(C)C. The van der Waals surface area contributed by atoms with Crippen molar-refractivity contribution in [2.45, 2.75) is 33.8 Å². The molecule has 0 saturated heterocycles. The molecule has 0 rings (SSSR count). The van der Waals surface area contributed by atoms with E-state index in [1.165, 1.54) is 0 Å². The molecule has 2 atom stereocenters. The van der Waals surface area contributed by atoms with E-state index in [1.54, 1.807) is 27.7 Å². The van der Waals surface area contributed by atoms with Crippen LogP contribution in [-0.4, -0.2) is 36.4 Å². The first-order valence-corrected chi connectivity index (χ1v) is 5.46. The second kappa shape index (κ2) is 7.22. The number of aliphatic hydroxyl groups excluding tert-OH is 1. The van der Waals surface area contributed by atoms with Gasteiger partial charge in [0.25, 0.3) is 0 Å². The van der Waals surface area contributed by atoms with Crippen LogP contribution in [0, 0.1) is 11.8 Å². The van der Waals surface area contributed by atoms with Crippen LogP contribution in [0.4, 0.5) is 0 Å².